The topological polar surface area (TPSA) is 231 Å². The summed E-state index contributed by atoms with van der Waals surface area (Å²) in [6.45, 7) is 12.8. The van der Waals surface area contributed by atoms with Crippen LogP contribution in [0.2, 0.25) is 0 Å². The number of fused-ring (bicyclic) bond motifs is 2. The highest BCUT2D eigenvalue weighted by Crippen LogP contribution is 2.38. The van der Waals surface area contributed by atoms with E-state index < -0.39 is 5.91 Å². The van der Waals surface area contributed by atoms with E-state index in [0.717, 1.165) is 84.5 Å². The van der Waals surface area contributed by atoms with E-state index in [1.807, 2.05) is 55.5 Å². The number of nitrogens with one attached hydrogen (secondary N) is 2. The number of carbonyl (C=O) groups is 3. The van der Waals surface area contributed by atoms with Gasteiger partial charge in [-0.15, -0.1) is 10.2 Å². The van der Waals surface area contributed by atoms with Crippen molar-refractivity contribution in [2.45, 2.75) is 65.1 Å². The number of aryl methyl sites for hydroxylation is 1. The van der Waals surface area contributed by atoms with Crippen molar-refractivity contribution in [1.29, 1.82) is 0 Å². The summed E-state index contributed by atoms with van der Waals surface area (Å²) >= 11 is 0. The van der Waals surface area contributed by atoms with Crippen LogP contribution in [0.25, 0.3) is 27.8 Å². The maximum atomic E-state index is 13.2. The Balaban J connectivity index is 0.700. The summed E-state index contributed by atoms with van der Waals surface area (Å²) in [6, 6.07) is 30.9. The van der Waals surface area contributed by atoms with Gasteiger partial charge in [-0.1, -0.05) is 74.2 Å². The third-order valence-electron chi connectivity index (χ3n) is 15.0. The molecule has 3 amide bonds. The second-order valence-corrected chi connectivity index (χ2v) is 19.9. The molecule has 3 aliphatic rings. The summed E-state index contributed by atoms with van der Waals surface area (Å²) in [5.74, 6) is 1.11. The Hall–Kier alpha value is -8.51. The third-order valence-corrected chi connectivity index (χ3v) is 15.0. The second-order valence-electron chi connectivity index (χ2n) is 19.9. The van der Waals surface area contributed by atoms with Crippen LogP contribution in [0.3, 0.4) is 0 Å². The minimum atomic E-state index is -0.749. The molecule has 5 aromatic carbocycles. The van der Waals surface area contributed by atoms with Crippen LogP contribution in [0.15, 0.2) is 110 Å². The van der Waals surface area contributed by atoms with Crippen LogP contribution in [0.1, 0.15) is 70.3 Å². The van der Waals surface area contributed by atoms with Crippen molar-refractivity contribution in [2.75, 3.05) is 67.5 Å². The summed E-state index contributed by atoms with van der Waals surface area (Å²) in [5, 5.41) is 48.3. The number of piperazine rings is 1. The van der Waals surface area contributed by atoms with Gasteiger partial charge in [0.25, 0.3) is 5.91 Å². The highest BCUT2D eigenvalue weighted by molar-refractivity contribution is 5.96. The van der Waals surface area contributed by atoms with Gasteiger partial charge in [-0.25, -0.2) is 4.98 Å². The molecule has 0 bridgehead atoms. The van der Waals surface area contributed by atoms with Gasteiger partial charge in [0, 0.05) is 93.2 Å². The summed E-state index contributed by atoms with van der Waals surface area (Å²) in [5.41, 5.74) is 13.6. The molecule has 3 aliphatic heterocycles. The van der Waals surface area contributed by atoms with E-state index in [9.17, 15) is 29.7 Å². The molecule has 2 saturated heterocycles. The minimum absolute atomic E-state index is 0.0197. The summed E-state index contributed by atoms with van der Waals surface area (Å²) in [6.07, 6.45) is 5.88. The van der Waals surface area contributed by atoms with E-state index >= 15 is 0 Å². The predicted molar refractivity (Wildman–Crippen MR) is 293 cm³/mol. The van der Waals surface area contributed by atoms with E-state index in [4.69, 9.17) is 15.7 Å². The Kier molecular flexibility index (Phi) is 15.1. The zero-order valence-corrected chi connectivity index (χ0v) is 42.8. The molecule has 76 heavy (non-hydrogen) atoms. The smallest absolute Gasteiger partial charge is 0.287 e. The Morgan fingerprint density at radius 3 is 2.28 bits per heavy atom. The molecule has 7 aromatic rings. The van der Waals surface area contributed by atoms with Crippen molar-refractivity contribution in [3.05, 3.63) is 149 Å². The molecule has 0 spiro atoms. The summed E-state index contributed by atoms with van der Waals surface area (Å²) < 4.78 is 1.54. The second kappa shape index (κ2) is 22.5. The fraction of sp³-hybridized carbons (Fsp3) is 0.328. The fourth-order valence-electron chi connectivity index (χ4n) is 10.8. The lowest BCUT2D eigenvalue weighted by molar-refractivity contribution is -0.126. The van der Waals surface area contributed by atoms with Gasteiger partial charge in [-0.2, -0.15) is 4.98 Å². The van der Waals surface area contributed by atoms with Crippen molar-refractivity contribution >= 4 is 45.9 Å². The number of phenolic OH excluding ortho intramolecular Hbond substituents is 3. The molecular weight excluding hydrogens is 961 g/mol. The number of primary amides is 1. The number of carbonyl (C=O) groups excluding carboxylic acids is 3. The molecule has 0 radical (unpaired) electrons. The van der Waals surface area contributed by atoms with Crippen molar-refractivity contribution in [3.63, 3.8) is 0 Å². The number of amides is 3. The van der Waals surface area contributed by atoms with E-state index in [1.54, 1.807) is 21.6 Å². The molecule has 18 nitrogen and oxygen atoms in total. The number of aromatic hydroxyl groups is 3. The first kappa shape index (κ1) is 51.0. The first-order valence-electron chi connectivity index (χ1n) is 26.1. The van der Waals surface area contributed by atoms with Crippen molar-refractivity contribution in [2.24, 2.45) is 11.7 Å². The average Bonchev–Trinajstić information content (AvgIpc) is 3.89. The third kappa shape index (κ3) is 11.3. The van der Waals surface area contributed by atoms with Gasteiger partial charge in [0.1, 0.15) is 23.1 Å². The van der Waals surface area contributed by atoms with E-state index in [0.29, 0.717) is 87.3 Å². The highest BCUT2D eigenvalue weighted by atomic mass is 16.3. The average molecular weight is 1030 g/mol. The van der Waals surface area contributed by atoms with Crippen molar-refractivity contribution in [3.8, 4) is 34.3 Å². The van der Waals surface area contributed by atoms with Crippen molar-refractivity contribution < 1.29 is 29.7 Å². The maximum absolute atomic E-state index is 13.2. The minimum Gasteiger partial charge on any atom is -0.508 e. The number of piperidine rings is 1. The van der Waals surface area contributed by atoms with Crippen LogP contribution >= 0.6 is 0 Å². The normalized spacial score (nSPS) is 15.1. The van der Waals surface area contributed by atoms with Crippen LogP contribution in [0.4, 0.5) is 17.5 Å². The lowest BCUT2D eigenvalue weighted by atomic mass is 9.90. The summed E-state index contributed by atoms with van der Waals surface area (Å²) in [7, 11) is 0. The number of phenols is 3. The molecule has 10 rings (SSSR count). The molecule has 0 aliphatic carbocycles. The number of benzene rings is 5. The SMILES string of the molecule is C=CC(=O)N1CCN(c2nc(NCCC(=O)NCc3ccc(CN4CCC(Cc5ccc(-n6c(C(N)=O)nnc6-c6cc(CC)c(O)cc6O)cc5)CC4)cc3)nc3c2CCN(c2cc(O)cc4ccccc24)C3)CC1. The Morgan fingerprint density at radius 1 is 0.803 bits per heavy atom. The monoisotopic (exact) mass is 1020 g/mol. The van der Waals surface area contributed by atoms with Gasteiger partial charge < -0.3 is 46.4 Å². The molecule has 0 atom stereocenters. The van der Waals surface area contributed by atoms with Gasteiger partial charge in [0.2, 0.25) is 23.6 Å². The van der Waals surface area contributed by atoms with Gasteiger partial charge in [-0.05, 0) is 109 Å². The first-order valence-corrected chi connectivity index (χ1v) is 26.1. The van der Waals surface area contributed by atoms with Crippen LogP contribution in [0.5, 0.6) is 17.2 Å². The molecule has 7 N–H and O–H groups in total. The number of hydrogen-bond donors (Lipinski definition) is 6. The van der Waals surface area contributed by atoms with Crippen molar-refractivity contribution in [1.82, 2.24) is 39.8 Å². The highest BCUT2D eigenvalue weighted by Gasteiger charge is 2.30. The number of nitrogens with two attached hydrogens (primary N) is 1. The van der Waals surface area contributed by atoms with Gasteiger partial charge in [0.05, 0.1) is 17.8 Å². The summed E-state index contributed by atoms with van der Waals surface area (Å²) in [4.78, 5) is 56.7. The lowest BCUT2D eigenvalue weighted by Crippen LogP contribution is -2.49. The quantitative estimate of drug-likeness (QED) is 0.0527. The first-order chi connectivity index (χ1) is 36.9. The molecule has 0 saturated carbocycles. The molecule has 2 aromatic heterocycles. The zero-order chi connectivity index (χ0) is 52.9. The fourth-order valence-corrected chi connectivity index (χ4v) is 10.8. The van der Waals surface area contributed by atoms with Gasteiger partial charge in [-0.3, -0.25) is 23.9 Å². The van der Waals surface area contributed by atoms with E-state index in [2.05, 4.69) is 72.4 Å². The number of aromatic nitrogens is 5. The largest absolute Gasteiger partial charge is 0.508 e. The van der Waals surface area contributed by atoms with E-state index in [-0.39, 0.29) is 47.1 Å². The molecular formula is C58H64N12O6. The lowest BCUT2D eigenvalue weighted by Gasteiger charge is -2.38. The number of nitrogens with zero attached hydrogens (tertiary/aromatic N) is 9. The molecule has 18 heteroatoms. The van der Waals surface area contributed by atoms with Crippen LogP contribution in [-0.4, -0.2) is 120 Å². The predicted octanol–water partition coefficient (Wildman–Crippen LogP) is 6.63. The molecule has 5 heterocycles. The van der Waals surface area contributed by atoms with Crippen LogP contribution < -0.4 is 26.2 Å². The Labute approximate surface area is 441 Å². The number of hydrogen-bond acceptors (Lipinski definition) is 14. The maximum Gasteiger partial charge on any atom is 0.287 e. The molecule has 392 valence electrons. The molecule has 0 unspecified atom stereocenters. The number of rotatable bonds is 17. The molecule has 2 fully saturated rings. The number of anilines is 3. The van der Waals surface area contributed by atoms with Crippen LogP contribution in [-0.2, 0) is 48.5 Å². The van der Waals surface area contributed by atoms with Crippen LogP contribution in [0, 0.1) is 5.92 Å². The zero-order valence-electron chi connectivity index (χ0n) is 42.8. The number of likely N-dealkylation sites (tertiary alicyclic amines) is 1. The van der Waals surface area contributed by atoms with E-state index in [1.165, 1.54) is 23.3 Å². The Morgan fingerprint density at radius 2 is 1.54 bits per heavy atom. The van der Waals surface area contributed by atoms with Gasteiger partial charge in [0.15, 0.2) is 5.82 Å². The van der Waals surface area contributed by atoms with Gasteiger partial charge >= 0.3 is 0 Å². The standard InChI is InChI=1S/C58H64N12O6/c1-3-41-31-47(51(73)33-50(41)72)56-64-65-57(54(59)76)70(56)43-15-13-37(14-16-43)29-38-18-22-66(23-19-38)35-40-11-9-39(10-12-40)34-61-52(74)17-21-60-58-62-48-36-69(49-32-44(71)30-42-7-5-6-8-45(42)49)24-20-46(48)55(63-58)68-27-25-67(26-28-68)53(75)4-2/h4-16,30-33,38,71-73H,2-3,17-29,34-36H2,1H3,(H2,59,76)(H,61,74)(H,60,62,63). The Bertz CT molecular complexity index is 3270.